The Kier molecular flexibility index (Phi) is 7.29. The number of nitrogens with one attached hydrogen (secondary N) is 1. The van der Waals surface area contributed by atoms with Crippen LogP contribution in [0.5, 0.6) is 11.5 Å². The monoisotopic (exact) mass is 546 g/mol. The van der Waals surface area contributed by atoms with Crippen LogP contribution in [-0.2, 0) is 4.74 Å². The summed E-state index contributed by atoms with van der Waals surface area (Å²) in [5.74, 6) is 0.965. The number of halogens is 1. The van der Waals surface area contributed by atoms with Gasteiger partial charge in [-0.25, -0.2) is 4.98 Å². The first-order chi connectivity index (χ1) is 18.9. The Labute approximate surface area is 228 Å². The minimum atomic E-state index is -0.499. The lowest BCUT2D eigenvalue weighted by Gasteiger charge is -2.22. The van der Waals surface area contributed by atoms with E-state index in [2.05, 4.69) is 10.3 Å². The fraction of sp³-hybridized carbons (Fsp3) is 0.179. The van der Waals surface area contributed by atoms with Gasteiger partial charge < -0.3 is 19.5 Å². The Morgan fingerprint density at radius 2 is 1.87 bits per heavy atom. The molecule has 0 saturated carbocycles. The average Bonchev–Trinajstić information content (AvgIpc) is 3.07. The number of fused-ring (bicyclic) bond motifs is 2. The second-order valence-electron chi connectivity index (χ2n) is 8.66. The van der Waals surface area contributed by atoms with Gasteiger partial charge in [-0.2, -0.15) is 0 Å². The van der Waals surface area contributed by atoms with Gasteiger partial charge in [-0.3, -0.25) is 19.9 Å². The van der Waals surface area contributed by atoms with Crippen molar-refractivity contribution in [3.63, 3.8) is 0 Å². The third-order valence-corrected chi connectivity index (χ3v) is 6.62. The van der Waals surface area contributed by atoms with Crippen LogP contribution in [0.1, 0.15) is 16.8 Å². The van der Waals surface area contributed by atoms with Crippen LogP contribution in [-0.4, -0.2) is 48.4 Å². The maximum absolute atomic E-state index is 13.1. The number of methoxy groups -OCH3 is 2. The molecule has 0 fully saturated rings. The van der Waals surface area contributed by atoms with E-state index < -0.39 is 11.0 Å². The summed E-state index contributed by atoms with van der Waals surface area (Å²) in [5, 5.41) is 14.6. The van der Waals surface area contributed by atoms with E-state index in [0.717, 1.165) is 11.1 Å². The predicted octanol–water partition coefficient (Wildman–Crippen LogP) is 5.44. The molecule has 0 radical (unpaired) electrons. The third kappa shape index (κ3) is 5.32. The number of nitro benzene ring substituents is 1. The summed E-state index contributed by atoms with van der Waals surface area (Å²) in [6.45, 7) is 0.324. The summed E-state index contributed by atoms with van der Waals surface area (Å²) in [4.78, 5) is 32.7. The summed E-state index contributed by atoms with van der Waals surface area (Å²) in [6, 6.07) is 12.9. The molecule has 2 aromatic carbocycles. The maximum atomic E-state index is 13.1. The molecule has 1 amide bonds. The van der Waals surface area contributed by atoms with E-state index in [-0.39, 0.29) is 22.5 Å². The summed E-state index contributed by atoms with van der Waals surface area (Å²) in [6.07, 6.45) is 5.79. The highest BCUT2D eigenvalue weighted by Gasteiger charge is 2.28. The number of rotatable bonds is 8. The molecule has 2 aliphatic rings. The van der Waals surface area contributed by atoms with Crippen molar-refractivity contribution in [2.24, 2.45) is 4.99 Å². The van der Waals surface area contributed by atoms with Crippen LogP contribution in [0.25, 0.3) is 11.1 Å². The van der Waals surface area contributed by atoms with Gasteiger partial charge in [0, 0.05) is 18.7 Å². The molecule has 0 saturated heterocycles. The van der Waals surface area contributed by atoms with Crippen LogP contribution in [0, 0.1) is 10.1 Å². The zero-order valence-electron chi connectivity index (χ0n) is 21.0. The minimum absolute atomic E-state index is 0.131. The number of aromatic nitrogens is 1. The summed E-state index contributed by atoms with van der Waals surface area (Å²) < 4.78 is 16.6. The molecule has 1 aliphatic heterocycles. The first-order valence-corrected chi connectivity index (χ1v) is 12.3. The standard InChI is InChI=1S/C28H23ClN4O6/c1-37-25-15-22-21(13-18(25)9-11-39-24-4-3-10-30-27(24)29)31-20-12-16(5-7-19(20)28(34)32-22)17-6-8-23(33(35)36)26(14-17)38-2/h3-8,10,12-15,22H,9,11H2,1-2H3,(H,32,34). The Balaban J connectivity index is 1.46. The number of carbonyl (C=O) groups is 1. The number of ether oxygens (including phenoxy) is 3. The van der Waals surface area contributed by atoms with E-state index in [1.54, 1.807) is 55.8 Å². The lowest BCUT2D eigenvalue weighted by atomic mass is 9.97. The van der Waals surface area contributed by atoms with Gasteiger partial charge in [-0.05, 0) is 65.3 Å². The van der Waals surface area contributed by atoms with Gasteiger partial charge in [0.2, 0.25) is 0 Å². The molecule has 3 aromatic rings. The van der Waals surface area contributed by atoms with E-state index >= 15 is 0 Å². The second-order valence-corrected chi connectivity index (χ2v) is 9.02. The number of benzene rings is 2. The van der Waals surface area contributed by atoms with E-state index in [4.69, 9.17) is 30.8 Å². The van der Waals surface area contributed by atoms with Crippen LogP contribution in [0.2, 0.25) is 5.15 Å². The normalized spacial score (nSPS) is 15.9. The first-order valence-electron chi connectivity index (χ1n) is 11.9. The molecule has 0 spiro atoms. The fourth-order valence-electron chi connectivity index (χ4n) is 4.41. The van der Waals surface area contributed by atoms with Crippen molar-refractivity contribution in [1.29, 1.82) is 0 Å². The molecule has 1 N–H and O–H groups in total. The number of pyridine rings is 1. The molecular weight excluding hydrogens is 524 g/mol. The van der Waals surface area contributed by atoms with Crippen molar-refractivity contribution in [3.8, 4) is 22.6 Å². The smallest absolute Gasteiger partial charge is 0.310 e. The molecule has 2 heterocycles. The van der Waals surface area contributed by atoms with Gasteiger partial charge in [-0.15, -0.1) is 0 Å². The van der Waals surface area contributed by atoms with Crippen LogP contribution in [0.15, 0.2) is 83.2 Å². The highest BCUT2D eigenvalue weighted by atomic mass is 35.5. The molecule has 1 aliphatic carbocycles. The maximum Gasteiger partial charge on any atom is 0.310 e. The van der Waals surface area contributed by atoms with E-state index in [1.165, 1.54) is 13.2 Å². The zero-order valence-corrected chi connectivity index (χ0v) is 21.8. The first kappa shape index (κ1) is 25.9. The Morgan fingerprint density at radius 3 is 2.62 bits per heavy atom. The van der Waals surface area contributed by atoms with Gasteiger partial charge in [0.1, 0.15) is 5.76 Å². The number of amides is 1. The van der Waals surface area contributed by atoms with Crippen LogP contribution < -0.4 is 14.8 Å². The quantitative estimate of drug-likeness (QED) is 0.226. The van der Waals surface area contributed by atoms with Crippen molar-refractivity contribution in [2.45, 2.75) is 12.5 Å². The summed E-state index contributed by atoms with van der Waals surface area (Å²) >= 11 is 6.09. The molecule has 39 heavy (non-hydrogen) atoms. The Morgan fingerprint density at radius 1 is 1.08 bits per heavy atom. The molecule has 5 rings (SSSR count). The molecule has 10 nitrogen and oxygen atoms in total. The Bertz CT molecular complexity index is 1570. The number of allylic oxidation sites excluding steroid dienone is 1. The number of aliphatic imine (C=N–C) groups is 1. The number of hydrogen-bond acceptors (Lipinski definition) is 8. The van der Waals surface area contributed by atoms with E-state index in [9.17, 15) is 14.9 Å². The van der Waals surface area contributed by atoms with Gasteiger partial charge in [0.25, 0.3) is 5.91 Å². The van der Waals surface area contributed by atoms with Gasteiger partial charge in [0.05, 0.1) is 48.8 Å². The van der Waals surface area contributed by atoms with Crippen LogP contribution in [0.4, 0.5) is 11.4 Å². The van der Waals surface area contributed by atoms with Crippen molar-refractivity contribution < 1.29 is 23.9 Å². The molecule has 1 aromatic heterocycles. The van der Waals surface area contributed by atoms with Crippen LogP contribution >= 0.6 is 11.6 Å². The highest BCUT2D eigenvalue weighted by Crippen LogP contribution is 2.36. The average molecular weight is 547 g/mol. The van der Waals surface area contributed by atoms with E-state index in [0.29, 0.717) is 47.1 Å². The SMILES string of the molecule is COC1=CC2NC(=O)c3ccc(-c4ccc([N+](=O)[O-])c(OC)c4)cc3N=C2C=C1CCOc1cccnc1Cl. The van der Waals surface area contributed by atoms with Gasteiger partial charge >= 0.3 is 5.69 Å². The summed E-state index contributed by atoms with van der Waals surface area (Å²) in [5.41, 5.74) is 3.65. The topological polar surface area (TPSA) is 125 Å². The lowest BCUT2D eigenvalue weighted by molar-refractivity contribution is -0.385. The molecule has 1 unspecified atom stereocenters. The van der Waals surface area contributed by atoms with Crippen molar-refractivity contribution in [1.82, 2.24) is 10.3 Å². The fourth-order valence-corrected chi connectivity index (χ4v) is 4.58. The number of nitrogens with zero attached hydrogens (tertiary/aromatic N) is 3. The minimum Gasteiger partial charge on any atom is -0.497 e. The van der Waals surface area contributed by atoms with E-state index in [1.807, 2.05) is 12.2 Å². The summed E-state index contributed by atoms with van der Waals surface area (Å²) in [7, 11) is 2.95. The Hall–Kier alpha value is -4.70. The molecule has 198 valence electrons. The second kappa shape index (κ2) is 11.0. The van der Waals surface area contributed by atoms with Crippen molar-refractivity contribution >= 4 is 34.6 Å². The lowest BCUT2D eigenvalue weighted by Crippen LogP contribution is -2.39. The zero-order chi connectivity index (χ0) is 27.5. The third-order valence-electron chi connectivity index (χ3n) is 6.34. The number of nitro groups is 1. The highest BCUT2D eigenvalue weighted by molar-refractivity contribution is 6.30. The van der Waals surface area contributed by atoms with Crippen LogP contribution in [0.3, 0.4) is 0 Å². The molecular formula is C28H23ClN4O6. The number of hydrogen-bond donors (Lipinski definition) is 1. The largest absolute Gasteiger partial charge is 0.497 e. The van der Waals surface area contributed by atoms with Gasteiger partial charge in [-0.1, -0.05) is 17.7 Å². The number of carbonyl (C=O) groups excluding carboxylic acids is 1. The van der Waals surface area contributed by atoms with Gasteiger partial charge in [0.15, 0.2) is 16.7 Å². The van der Waals surface area contributed by atoms with Crippen molar-refractivity contribution in [3.05, 3.63) is 99.0 Å². The predicted molar refractivity (Wildman–Crippen MR) is 146 cm³/mol. The molecule has 11 heteroatoms. The van der Waals surface area contributed by atoms with Crippen molar-refractivity contribution in [2.75, 3.05) is 20.8 Å². The molecule has 0 bridgehead atoms. The molecule has 1 atom stereocenters.